The molecule has 1 aliphatic rings. The number of amides is 1. The Morgan fingerprint density at radius 3 is 2.70 bits per heavy atom. The van der Waals surface area contributed by atoms with Gasteiger partial charge in [0.05, 0.1) is 6.20 Å². The largest absolute Gasteiger partial charge is 0.336 e. The van der Waals surface area contributed by atoms with Crippen molar-refractivity contribution in [1.29, 1.82) is 0 Å². The Labute approximate surface area is 115 Å². The average molecular weight is 283 g/mol. The van der Waals surface area contributed by atoms with Crippen LogP contribution in [0.3, 0.4) is 0 Å². The van der Waals surface area contributed by atoms with Crippen LogP contribution in [0.25, 0.3) is 0 Å². The van der Waals surface area contributed by atoms with Crippen LogP contribution in [0.1, 0.15) is 33.1 Å². The van der Waals surface area contributed by atoms with Crippen LogP contribution in [0, 0.1) is 17.7 Å². The lowest BCUT2D eigenvalue weighted by atomic mass is 9.79. The number of aromatic nitrogens is 2. The monoisotopic (exact) mass is 283 g/mol. The molecule has 0 saturated heterocycles. The summed E-state index contributed by atoms with van der Waals surface area (Å²) >= 11 is 0. The number of carbonyl (C=O) groups is 1. The van der Waals surface area contributed by atoms with Gasteiger partial charge in [-0.05, 0) is 31.1 Å². The Morgan fingerprint density at radius 1 is 1.35 bits per heavy atom. The van der Waals surface area contributed by atoms with Crippen molar-refractivity contribution < 1.29 is 9.18 Å². The number of halogens is 1. The van der Waals surface area contributed by atoms with Crippen LogP contribution in [-0.4, -0.2) is 21.6 Å². The Balaban J connectivity index is 2.11. The van der Waals surface area contributed by atoms with Gasteiger partial charge >= 0.3 is 11.7 Å². The Hall–Kier alpha value is -1.92. The fraction of sp³-hybridized carbons (Fsp3) is 0.615. The lowest BCUT2D eigenvalue weighted by Gasteiger charge is -2.32. The molecule has 1 fully saturated rings. The minimum Gasteiger partial charge on any atom is -0.335 e. The number of carbonyl (C=O) groups excluding carboxylic acids is 1. The summed E-state index contributed by atoms with van der Waals surface area (Å²) < 4.78 is 13.7. The van der Waals surface area contributed by atoms with E-state index in [0.717, 1.165) is 19.3 Å². The second kappa shape index (κ2) is 5.60. The molecule has 1 aromatic rings. The number of hydrogen-bond acceptors (Lipinski definition) is 3. The van der Waals surface area contributed by atoms with Crippen LogP contribution in [0.2, 0.25) is 0 Å². The fourth-order valence-electron chi connectivity index (χ4n) is 2.52. The highest BCUT2D eigenvalue weighted by atomic mass is 19.1. The van der Waals surface area contributed by atoms with Crippen molar-refractivity contribution in [3.05, 3.63) is 32.9 Å². The summed E-state index contributed by atoms with van der Waals surface area (Å²) in [7, 11) is 0. The highest BCUT2D eigenvalue weighted by Gasteiger charge is 2.26. The highest BCUT2D eigenvalue weighted by molar-refractivity contribution is 5.76. The summed E-state index contributed by atoms with van der Waals surface area (Å²) in [6.07, 6.45) is 3.28. The zero-order valence-corrected chi connectivity index (χ0v) is 11.5. The number of H-pyrrole nitrogens is 1. The van der Waals surface area contributed by atoms with E-state index in [1.165, 1.54) is 0 Å². The molecule has 1 aromatic heterocycles. The third kappa shape index (κ3) is 2.97. The molecule has 0 bridgehead atoms. The van der Waals surface area contributed by atoms with Crippen molar-refractivity contribution in [2.24, 2.45) is 11.8 Å². The number of nitrogens with zero attached hydrogens (tertiary/aromatic N) is 1. The minimum atomic E-state index is -1.16. The first-order chi connectivity index (χ1) is 9.38. The van der Waals surface area contributed by atoms with Gasteiger partial charge in [-0.25, -0.2) is 14.2 Å². The Morgan fingerprint density at radius 2 is 2.05 bits per heavy atom. The number of nitrogens with one attached hydrogen (secondary N) is 2. The molecule has 110 valence electrons. The first kappa shape index (κ1) is 14.5. The van der Waals surface area contributed by atoms with E-state index in [0.29, 0.717) is 22.6 Å². The van der Waals surface area contributed by atoms with E-state index < -0.39 is 23.1 Å². The second-order valence-electron chi connectivity index (χ2n) is 5.52. The van der Waals surface area contributed by atoms with Crippen molar-refractivity contribution in [1.82, 2.24) is 14.9 Å². The van der Waals surface area contributed by atoms with Gasteiger partial charge in [0, 0.05) is 6.04 Å². The van der Waals surface area contributed by atoms with Gasteiger partial charge in [-0.3, -0.25) is 9.78 Å². The molecular formula is C13H18FN3O3. The van der Waals surface area contributed by atoms with Crippen molar-refractivity contribution in [3.63, 3.8) is 0 Å². The predicted molar refractivity (Wildman–Crippen MR) is 71.2 cm³/mol. The van der Waals surface area contributed by atoms with E-state index in [4.69, 9.17) is 0 Å². The molecule has 3 atom stereocenters. The molecule has 0 aliphatic heterocycles. The molecule has 2 N–H and O–H groups in total. The predicted octanol–water partition coefficient (Wildman–Crippen LogP) is 1.06. The molecule has 0 radical (unpaired) electrons. The number of aromatic amines is 1. The number of hydrogen-bond donors (Lipinski definition) is 2. The van der Waals surface area contributed by atoms with E-state index in [1.807, 2.05) is 0 Å². The van der Waals surface area contributed by atoms with Crippen LogP contribution >= 0.6 is 0 Å². The third-order valence-corrected chi connectivity index (χ3v) is 4.04. The summed E-state index contributed by atoms with van der Waals surface area (Å²) in [6.45, 7) is 4.29. The summed E-state index contributed by atoms with van der Waals surface area (Å²) in [5, 5.41) is 2.71. The number of rotatable bonds is 1. The van der Waals surface area contributed by atoms with Gasteiger partial charge in [0.1, 0.15) is 0 Å². The van der Waals surface area contributed by atoms with Crippen LogP contribution in [0.15, 0.2) is 15.8 Å². The van der Waals surface area contributed by atoms with Crippen LogP contribution in [0.5, 0.6) is 0 Å². The first-order valence-corrected chi connectivity index (χ1v) is 6.71. The van der Waals surface area contributed by atoms with E-state index in [2.05, 4.69) is 19.2 Å². The quantitative estimate of drug-likeness (QED) is 0.808. The molecule has 1 heterocycles. The van der Waals surface area contributed by atoms with Gasteiger partial charge in [-0.15, -0.1) is 0 Å². The maximum atomic E-state index is 13.1. The topological polar surface area (TPSA) is 84.0 Å². The molecule has 0 aromatic carbocycles. The third-order valence-electron chi connectivity index (χ3n) is 4.04. The van der Waals surface area contributed by atoms with E-state index in [-0.39, 0.29) is 6.04 Å². The molecular weight excluding hydrogens is 265 g/mol. The van der Waals surface area contributed by atoms with E-state index >= 15 is 0 Å². The van der Waals surface area contributed by atoms with Gasteiger partial charge in [-0.2, -0.15) is 4.39 Å². The van der Waals surface area contributed by atoms with Gasteiger partial charge < -0.3 is 5.32 Å². The highest BCUT2D eigenvalue weighted by Crippen LogP contribution is 2.29. The van der Waals surface area contributed by atoms with Gasteiger partial charge in [0.25, 0.3) is 5.56 Å². The van der Waals surface area contributed by atoms with E-state index in [1.54, 1.807) is 4.98 Å². The molecule has 20 heavy (non-hydrogen) atoms. The first-order valence-electron chi connectivity index (χ1n) is 6.71. The van der Waals surface area contributed by atoms with Gasteiger partial charge in [-0.1, -0.05) is 13.8 Å². The molecule has 6 nitrogen and oxygen atoms in total. The second-order valence-corrected chi connectivity index (χ2v) is 5.52. The summed E-state index contributed by atoms with van der Waals surface area (Å²) in [4.78, 5) is 36.1. The van der Waals surface area contributed by atoms with Crippen LogP contribution in [-0.2, 0) is 0 Å². The minimum absolute atomic E-state index is 0.0319. The maximum absolute atomic E-state index is 13.1. The molecule has 0 spiro atoms. The van der Waals surface area contributed by atoms with Crippen molar-refractivity contribution in [2.75, 3.05) is 0 Å². The van der Waals surface area contributed by atoms with Gasteiger partial charge in [0.2, 0.25) is 5.82 Å². The average Bonchev–Trinajstić information content (AvgIpc) is 2.38. The Bertz CT molecular complexity index is 622. The molecule has 1 saturated carbocycles. The maximum Gasteiger partial charge on any atom is 0.336 e. The lowest BCUT2D eigenvalue weighted by molar-refractivity contribution is 0.208. The summed E-state index contributed by atoms with van der Waals surface area (Å²) in [5.74, 6) is -0.0696. The molecule has 1 aliphatic carbocycles. The molecule has 7 heteroatoms. The molecule has 3 unspecified atom stereocenters. The SMILES string of the molecule is CC1CCC(NC(=O)n2cc(F)c(=O)[nH]c2=O)CC1C. The van der Waals surface area contributed by atoms with Crippen LogP contribution < -0.4 is 16.6 Å². The van der Waals surface area contributed by atoms with Gasteiger partial charge in [0.15, 0.2) is 0 Å². The Kier molecular flexibility index (Phi) is 4.06. The van der Waals surface area contributed by atoms with Crippen molar-refractivity contribution >= 4 is 6.03 Å². The van der Waals surface area contributed by atoms with Crippen molar-refractivity contribution in [2.45, 2.75) is 39.2 Å². The molecule has 1 amide bonds. The smallest absolute Gasteiger partial charge is 0.335 e. The van der Waals surface area contributed by atoms with Crippen LogP contribution in [0.4, 0.5) is 9.18 Å². The standard InChI is InChI=1S/C13H18FN3O3/c1-7-3-4-9(5-8(7)2)15-12(19)17-6-10(14)11(18)16-13(17)20/h6-9H,3-5H2,1-2H3,(H,15,19)(H,16,18,20). The zero-order chi connectivity index (χ0) is 14.9. The van der Waals surface area contributed by atoms with Crippen molar-refractivity contribution in [3.8, 4) is 0 Å². The zero-order valence-electron chi connectivity index (χ0n) is 11.5. The summed E-state index contributed by atoms with van der Waals surface area (Å²) in [5.41, 5.74) is -2.06. The normalized spacial score (nSPS) is 26.2. The lowest BCUT2D eigenvalue weighted by Crippen LogP contribution is -2.46. The molecule has 2 rings (SSSR count). The summed E-state index contributed by atoms with van der Waals surface area (Å²) in [6, 6.07) is -0.743. The van der Waals surface area contributed by atoms with E-state index in [9.17, 15) is 18.8 Å². The fourth-order valence-corrected chi connectivity index (χ4v) is 2.52.